The van der Waals surface area contributed by atoms with Crippen molar-refractivity contribution in [1.82, 2.24) is 4.98 Å². The number of carbonyl (C=O) groups excluding carboxylic acids is 2. The molecule has 126 valence electrons. The molecule has 2 amide bonds. The summed E-state index contributed by atoms with van der Waals surface area (Å²) >= 11 is 1.31. The molecule has 0 atom stereocenters. The number of hydrogen-bond acceptors (Lipinski definition) is 6. The Kier molecular flexibility index (Phi) is 4.66. The van der Waals surface area contributed by atoms with Crippen LogP contribution in [0.3, 0.4) is 0 Å². The third-order valence-corrected chi connectivity index (χ3v) is 4.26. The van der Waals surface area contributed by atoms with Crippen LogP contribution < -0.4 is 15.0 Å². The molecule has 0 bridgehead atoms. The Bertz CT molecular complexity index is 774. The molecule has 0 unspecified atom stereocenters. The zero-order valence-corrected chi connectivity index (χ0v) is 14.2. The van der Waals surface area contributed by atoms with Crippen molar-refractivity contribution in [3.63, 3.8) is 0 Å². The Hall–Kier alpha value is -2.61. The van der Waals surface area contributed by atoms with Crippen molar-refractivity contribution in [1.29, 1.82) is 0 Å². The topological polar surface area (TPSA) is 80.8 Å². The zero-order chi connectivity index (χ0) is 17.1. The van der Waals surface area contributed by atoms with E-state index in [-0.39, 0.29) is 12.5 Å². The normalized spacial score (nSPS) is 13.2. The van der Waals surface area contributed by atoms with Gasteiger partial charge in [0, 0.05) is 17.5 Å². The van der Waals surface area contributed by atoms with Crippen molar-refractivity contribution in [2.24, 2.45) is 0 Å². The van der Waals surface area contributed by atoms with Gasteiger partial charge in [-0.25, -0.2) is 9.78 Å². The predicted molar refractivity (Wildman–Crippen MR) is 91.7 cm³/mol. The van der Waals surface area contributed by atoms with Gasteiger partial charge in [-0.3, -0.25) is 10.1 Å². The molecule has 2 heterocycles. The quantitative estimate of drug-likeness (QED) is 0.919. The van der Waals surface area contributed by atoms with Crippen LogP contribution in [0.1, 0.15) is 13.8 Å². The number of ether oxygens (including phenoxy) is 2. The van der Waals surface area contributed by atoms with Crippen LogP contribution in [0.15, 0.2) is 23.6 Å². The minimum absolute atomic E-state index is 0.0600. The molecule has 0 spiro atoms. The number of thiazole rings is 1. The second-order valence-electron chi connectivity index (χ2n) is 4.99. The summed E-state index contributed by atoms with van der Waals surface area (Å²) in [6, 6.07) is 5.59. The first kappa shape index (κ1) is 16.3. The largest absolute Gasteiger partial charge is 0.482 e. The van der Waals surface area contributed by atoms with Crippen molar-refractivity contribution in [3.8, 4) is 17.0 Å². The lowest BCUT2D eigenvalue weighted by Crippen LogP contribution is -2.38. The first-order chi connectivity index (χ1) is 11.6. The van der Waals surface area contributed by atoms with Gasteiger partial charge >= 0.3 is 6.09 Å². The van der Waals surface area contributed by atoms with E-state index in [1.165, 1.54) is 11.3 Å². The van der Waals surface area contributed by atoms with E-state index < -0.39 is 6.09 Å². The number of benzene rings is 1. The van der Waals surface area contributed by atoms with Gasteiger partial charge in [0.1, 0.15) is 5.75 Å². The van der Waals surface area contributed by atoms with Gasteiger partial charge in [0.25, 0.3) is 5.91 Å². The molecule has 7 nitrogen and oxygen atoms in total. The number of fused-ring (bicyclic) bond motifs is 1. The lowest BCUT2D eigenvalue weighted by atomic mass is 10.1. The van der Waals surface area contributed by atoms with E-state index in [4.69, 9.17) is 9.47 Å². The number of aromatic nitrogens is 1. The van der Waals surface area contributed by atoms with Crippen LogP contribution in [0.4, 0.5) is 15.6 Å². The van der Waals surface area contributed by atoms with Gasteiger partial charge in [-0.05, 0) is 32.0 Å². The maximum atomic E-state index is 11.9. The van der Waals surface area contributed by atoms with Crippen LogP contribution in [-0.2, 0) is 9.53 Å². The Balaban J connectivity index is 1.86. The van der Waals surface area contributed by atoms with Crippen molar-refractivity contribution >= 4 is 34.2 Å². The molecule has 0 fully saturated rings. The summed E-state index contributed by atoms with van der Waals surface area (Å²) in [5.74, 6) is 0.616. The zero-order valence-electron chi connectivity index (χ0n) is 13.4. The smallest absolute Gasteiger partial charge is 0.413 e. The van der Waals surface area contributed by atoms with Crippen LogP contribution in [-0.4, -0.2) is 36.7 Å². The molecule has 24 heavy (non-hydrogen) atoms. The molecule has 0 radical (unpaired) electrons. The highest BCUT2D eigenvalue weighted by atomic mass is 32.1. The number of nitrogens with zero attached hydrogens (tertiary/aromatic N) is 2. The van der Waals surface area contributed by atoms with Gasteiger partial charge in [0.05, 0.1) is 18.0 Å². The van der Waals surface area contributed by atoms with Crippen LogP contribution in [0.25, 0.3) is 11.3 Å². The Morgan fingerprint density at radius 2 is 2.29 bits per heavy atom. The maximum Gasteiger partial charge on any atom is 0.413 e. The first-order valence-corrected chi connectivity index (χ1v) is 8.47. The highest BCUT2D eigenvalue weighted by Crippen LogP contribution is 2.36. The van der Waals surface area contributed by atoms with Crippen LogP contribution in [0, 0.1) is 0 Å². The molecule has 1 aromatic heterocycles. The van der Waals surface area contributed by atoms with E-state index in [9.17, 15) is 9.59 Å². The highest BCUT2D eigenvalue weighted by molar-refractivity contribution is 7.14. The van der Waals surface area contributed by atoms with Crippen molar-refractivity contribution in [3.05, 3.63) is 23.6 Å². The molecule has 0 saturated heterocycles. The minimum Gasteiger partial charge on any atom is -0.482 e. The number of rotatable bonds is 4. The van der Waals surface area contributed by atoms with Gasteiger partial charge < -0.3 is 14.4 Å². The average molecular weight is 347 g/mol. The van der Waals surface area contributed by atoms with Gasteiger partial charge in [-0.1, -0.05) is 0 Å². The molecular weight excluding hydrogens is 330 g/mol. The summed E-state index contributed by atoms with van der Waals surface area (Å²) in [5, 5.41) is 4.88. The van der Waals surface area contributed by atoms with E-state index in [0.29, 0.717) is 29.7 Å². The molecule has 3 rings (SSSR count). The van der Waals surface area contributed by atoms with Gasteiger partial charge in [0.15, 0.2) is 11.7 Å². The van der Waals surface area contributed by atoms with Crippen molar-refractivity contribution in [2.75, 3.05) is 30.0 Å². The molecule has 1 aromatic carbocycles. The monoisotopic (exact) mass is 347 g/mol. The molecular formula is C16H17N3O4S. The fourth-order valence-electron chi connectivity index (χ4n) is 2.43. The summed E-state index contributed by atoms with van der Waals surface area (Å²) in [6.07, 6.45) is -0.528. The SMILES string of the molecule is CCOC(=O)Nc1nc(-c2ccc3c(c2)N(CC)C(=O)CO3)cs1. The van der Waals surface area contributed by atoms with Gasteiger partial charge in [-0.15, -0.1) is 11.3 Å². The van der Waals surface area contributed by atoms with Crippen LogP contribution in [0.2, 0.25) is 0 Å². The Morgan fingerprint density at radius 1 is 1.46 bits per heavy atom. The number of carbonyl (C=O) groups is 2. The van der Waals surface area contributed by atoms with Gasteiger partial charge in [-0.2, -0.15) is 0 Å². The van der Waals surface area contributed by atoms with Crippen molar-refractivity contribution < 1.29 is 19.1 Å². The number of amides is 2. The predicted octanol–water partition coefficient (Wildman–Crippen LogP) is 3.12. The average Bonchev–Trinajstić information content (AvgIpc) is 3.03. The van der Waals surface area contributed by atoms with E-state index >= 15 is 0 Å². The third-order valence-electron chi connectivity index (χ3n) is 3.50. The van der Waals surface area contributed by atoms with Crippen molar-refractivity contribution in [2.45, 2.75) is 13.8 Å². The number of anilines is 2. The third kappa shape index (κ3) is 3.18. The first-order valence-electron chi connectivity index (χ1n) is 7.59. The molecule has 1 aliphatic rings. The Morgan fingerprint density at radius 3 is 3.04 bits per heavy atom. The number of likely N-dealkylation sites (N-methyl/N-ethyl adjacent to an activating group) is 1. The second kappa shape index (κ2) is 6.88. The lowest BCUT2D eigenvalue weighted by molar-refractivity contribution is -0.121. The van der Waals surface area contributed by atoms with E-state index in [1.807, 2.05) is 30.5 Å². The Labute approximate surface area is 143 Å². The van der Waals surface area contributed by atoms with Crippen LogP contribution >= 0.6 is 11.3 Å². The van der Waals surface area contributed by atoms with E-state index in [1.54, 1.807) is 11.8 Å². The molecule has 1 N–H and O–H groups in total. The summed E-state index contributed by atoms with van der Waals surface area (Å²) in [4.78, 5) is 29.5. The highest BCUT2D eigenvalue weighted by Gasteiger charge is 2.24. The molecule has 8 heteroatoms. The molecule has 0 aliphatic carbocycles. The minimum atomic E-state index is -0.528. The molecule has 2 aromatic rings. The number of nitrogens with one attached hydrogen (secondary N) is 1. The summed E-state index contributed by atoms with van der Waals surface area (Å²) in [5.41, 5.74) is 2.29. The standard InChI is InChI=1S/C16H17N3O4S/c1-3-19-12-7-10(5-6-13(12)23-8-14(19)20)11-9-24-15(17-11)18-16(21)22-4-2/h5-7,9H,3-4,8H2,1-2H3,(H,17,18,21). The summed E-state index contributed by atoms with van der Waals surface area (Å²) in [6.45, 7) is 4.60. The molecule has 1 aliphatic heterocycles. The summed E-state index contributed by atoms with van der Waals surface area (Å²) in [7, 11) is 0. The second-order valence-corrected chi connectivity index (χ2v) is 5.85. The lowest BCUT2D eigenvalue weighted by Gasteiger charge is -2.28. The van der Waals surface area contributed by atoms with E-state index in [2.05, 4.69) is 10.3 Å². The maximum absolute atomic E-state index is 11.9. The fourth-order valence-corrected chi connectivity index (χ4v) is 3.13. The summed E-state index contributed by atoms with van der Waals surface area (Å²) < 4.78 is 10.3. The van der Waals surface area contributed by atoms with Crippen LogP contribution in [0.5, 0.6) is 5.75 Å². The van der Waals surface area contributed by atoms with Gasteiger partial charge in [0.2, 0.25) is 0 Å². The van der Waals surface area contributed by atoms with E-state index in [0.717, 1.165) is 11.3 Å². The fraction of sp³-hybridized carbons (Fsp3) is 0.312. The molecule has 0 saturated carbocycles. The number of hydrogen-bond donors (Lipinski definition) is 1.